The first-order valence-electron chi connectivity index (χ1n) is 3.52. The molecule has 2 heteroatoms. The quantitative estimate of drug-likeness (QED) is 0.540. The van der Waals surface area contributed by atoms with Gasteiger partial charge in [-0.2, -0.15) is 0 Å². The molecule has 0 aliphatic rings. The summed E-state index contributed by atoms with van der Waals surface area (Å²) in [5.41, 5.74) is -1.00. The fourth-order valence-electron chi connectivity index (χ4n) is 0. The van der Waals surface area contributed by atoms with Gasteiger partial charge in [0.15, 0.2) is 0 Å². The van der Waals surface area contributed by atoms with E-state index in [1.54, 1.807) is 0 Å². The molecule has 0 nitrogen and oxygen atoms in total. The highest BCUT2D eigenvalue weighted by atomic mass is 19.1. The van der Waals surface area contributed by atoms with E-state index in [0.717, 1.165) is 0 Å². The van der Waals surface area contributed by atoms with Crippen LogP contribution in [0, 0.1) is 5.92 Å². The lowest BCUT2D eigenvalue weighted by molar-refractivity contribution is 0.246. The Kier molecular flexibility index (Phi) is 7.05. The Bertz CT molecular complexity index is 56.1. The van der Waals surface area contributed by atoms with E-state index in [-0.39, 0.29) is 12.6 Å². The summed E-state index contributed by atoms with van der Waals surface area (Å²) < 4.78 is 22.8. The van der Waals surface area contributed by atoms with E-state index in [2.05, 4.69) is 0 Å². The van der Waals surface area contributed by atoms with E-state index in [0.29, 0.717) is 0 Å². The van der Waals surface area contributed by atoms with Crippen LogP contribution in [-0.4, -0.2) is 12.3 Å². The first kappa shape index (κ1) is 12.5. The lowest BCUT2D eigenvalue weighted by Crippen LogP contribution is -2.01. The Hall–Kier alpha value is -0.140. The lowest BCUT2D eigenvalue weighted by Gasteiger charge is -1.99. The number of alkyl halides is 2. The SMILES string of the molecule is CC(C)(C)F.CC(C)CF. The summed E-state index contributed by atoms with van der Waals surface area (Å²) in [6.45, 7) is 8.06. The number of hydrogen-bond donors (Lipinski definition) is 0. The van der Waals surface area contributed by atoms with E-state index in [1.165, 1.54) is 20.8 Å². The molecule has 0 radical (unpaired) electrons. The maximum Gasteiger partial charge on any atom is 0.102 e. The zero-order chi connectivity index (χ0) is 8.78. The van der Waals surface area contributed by atoms with E-state index >= 15 is 0 Å². The summed E-state index contributed by atoms with van der Waals surface area (Å²) in [4.78, 5) is 0. The minimum atomic E-state index is -1.00. The highest BCUT2D eigenvalue weighted by Gasteiger charge is 2.01. The van der Waals surface area contributed by atoms with Crippen molar-refractivity contribution in [1.82, 2.24) is 0 Å². The molecule has 64 valence electrons. The molecular weight excluding hydrogens is 134 g/mol. The topological polar surface area (TPSA) is 0 Å². The Morgan fingerprint density at radius 2 is 1.30 bits per heavy atom. The zero-order valence-electron chi connectivity index (χ0n) is 7.54. The van der Waals surface area contributed by atoms with Crippen molar-refractivity contribution >= 4 is 0 Å². The van der Waals surface area contributed by atoms with Crippen molar-refractivity contribution in [2.75, 3.05) is 6.67 Å². The van der Waals surface area contributed by atoms with E-state index in [1.807, 2.05) is 13.8 Å². The molecule has 0 atom stereocenters. The highest BCUT2D eigenvalue weighted by Crippen LogP contribution is 2.02. The third kappa shape index (κ3) is 107. The van der Waals surface area contributed by atoms with E-state index in [9.17, 15) is 8.78 Å². The molecular formula is C8H18F2. The summed E-state index contributed by atoms with van der Waals surface area (Å²) in [6.07, 6.45) is 0. The average Bonchev–Trinajstić information content (AvgIpc) is 1.61. The van der Waals surface area contributed by atoms with Gasteiger partial charge < -0.3 is 0 Å². The van der Waals surface area contributed by atoms with Crippen molar-refractivity contribution < 1.29 is 8.78 Å². The van der Waals surface area contributed by atoms with Gasteiger partial charge in [0.05, 0.1) is 6.67 Å². The van der Waals surface area contributed by atoms with Crippen LogP contribution in [0.1, 0.15) is 34.6 Å². The maximum absolute atomic E-state index is 11.7. The number of halogens is 2. The van der Waals surface area contributed by atoms with Crippen molar-refractivity contribution in [2.45, 2.75) is 40.3 Å². The van der Waals surface area contributed by atoms with Gasteiger partial charge in [-0.25, -0.2) is 4.39 Å². The van der Waals surface area contributed by atoms with Crippen molar-refractivity contribution in [3.63, 3.8) is 0 Å². The average molecular weight is 152 g/mol. The van der Waals surface area contributed by atoms with Crippen LogP contribution >= 0.6 is 0 Å². The monoisotopic (exact) mass is 152 g/mol. The Morgan fingerprint density at radius 3 is 1.30 bits per heavy atom. The van der Waals surface area contributed by atoms with Crippen LogP contribution in [0.5, 0.6) is 0 Å². The highest BCUT2D eigenvalue weighted by molar-refractivity contribution is 4.52. The molecule has 0 aromatic heterocycles. The largest absolute Gasteiger partial charge is 0.251 e. The third-order valence-electron chi connectivity index (χ3n) is 0.309. The van der Waals surface area contributed by atoms with Crippen LogP contribution in [0.15, 0.2) is 0 Å². The number of rotatable bonds is 1. The smallest absolute Gasteiger partial charge is 0.102 e. The standard InChI is InChI=1S/2C4H9F/c1-4(2,3)5;1-4(2)3-5/h1-3H3;4H,3H2,1-2H3. The van der Waals surface area contributed by atoms with Crippen molar-refractivity contribution in [3.05, 3.63) is 0 Å². The summed E-state index contributed by atoms with van der Waals surface area (Å²) in [6, 6.07) is 0. The van der Waals surface area contributed by atoms with Gasteiger partial charge in [0.25, 0.3) is 0 Å². The summed E-state index contributed by atoms with van der Waals surface area (Å²) >= 11 is 0. The molecule has 0 rings (SSSR count). The predicted octanol–water partition coefficient (Wildman–Crippen LogP) is 3.37. The first-order valence-corrected chi connectivity index (χ1v) is 3.52. The molecule has 0 heterocycles. The number of hydrogen-bond acceptors (Lipinski definition) is 0. The molecule has 0 bridgehead atoms. The fourth-order valence-corrected chi connectivity index (χ4v) is 0. The van der Waals surface area contributed by atoms with Crippen LogP contribution in [0.25, 0.3) is 0 Å². The van der Waals surface area contributed by atoms with Crippen LogP contribution in [-0.2, 0) is 0 Å². The predicted molar refractivity (Wildman–Crippen MR) is 41.7 cm³/mol. The molecule has 0 aromatic rings. The first-order chi connectivity index (χ1) is 4.27. The molecule has 0 aromatic carbocycles. The van der Waals surface area contributed by atoms with Gasteiger partial charge in [-0.1, -0.05) is 13.8 Å². The van der Waals surface area contributed by atoms with Crippen molar-refractivity contribution in [1.29, 1.82) is 0 Å². The van der Waals surface area contributed by atoms with E-state index in [4.69, 9.17) is 0 Å². The molecule has 0 unspecified atom stereocenters. The Labute approximate surface area is 62.6 Å². The molecule has 0 saturated heterocycles. The van der Waals surface area contributed by atoms with Crippen LogP contribution in [0.2, 0.25) is 0 Å². The minimum absolute atomic E-state index is 0.194. The second-order valence-electron chi connectivity index (χ2n) is 3.62. The molecule has 0 aliphatic carbocycles. The van der Waals surface area contributed by atoms with Gasteiger partial charge in [-0.3, -0.25) is 4.39 Å². The lowest BCUT2D eigenvalue weighted by atomic mass is 10.2. The van der Waals surface area contributed by atoms with Gasteiger partial charge in [0, 0.05) is 0 Å². The maximum atomic E-state index is 11.7. The molecule has 0 saturated carbocycles. The van der Waals surface area contributed by atoms with Gasteiger partial charge in [-0.05, 0) is 26.7 Å². The zero-order valence-corrected chi connectivity index (χ0v) is 7.54. The Balaban J connectivity index is 0. The van der Waals surface area contributed by atoms with E-state index < -0.39 is 5.67 Å². The van der Waals surface area contributed by atoms with Gasteiger partial charge >= 0.3 is 0 Å². The fraction of sp³-hybridized carbons (Fsp3) is 1.00. The molecule has 10 heavy (non-hydrogen) atoms. The van der Waals surface area contributed by atoms with Crippen molar-refractivity contribution in [2.24, 2.45) is 5.92 Å². The summed E-state index contributed by atoms with van der Waals surface area (Å²) in [5.74, 6) is 0.218. The van der Waals surface area contributed by atoms with Gasteiger partial charge in [-0.15, -0.1) is 0 Å². The van der Waals surface area contributed by atoms with Crippen LogP contribution < -0.4 is 0 Å². The molecule has 0 amide bonds. The molecule has 0 spiro atoms. The second-order valence-corrected chi connectivity index (χ2v) is 3.62. The molecule has 0 aliphatic heterocycles. The van der Waals surface area contributed by atoms with Crippen LogP contribution in [0.4, 0.5) is 8.78 Å². The second kappa shape index (κ2) is 5.63. The summed E-state index contributed by atoms with van der Waals surface area (Å²) in [7, 11) is 0. The minimum Gasteiger partial charge on any atom is -0.251 e. The van der Waals surface area contributed by atoms with Crippen molar-refractivity contribution in [3.8, 4) is 0 Å². The Morgan fingerprint density at radius 1 is 1.20 bits per heavy atom. The third-order valence-corrected chi connectivity index (χ3v) is 0.309. The summed E-state index contributed by atoms with van der Waals surface area (Å²) in [5, 5.41) is 0. The van der Waals surface area contributed by atoms with Gasteiger partial charge in [0.2, 0.25) is 0 Å². The van der Waals surface area contributed by atoms with Crippen LogP contribution in [0.3, 0.4) is 0 Å². The normalized spacial score (nSPS) is 10.8. The molecule has 0 N–H and O–H groups in total. The van der Waals surface area contributed by atoms with Gasteiger partial charge in [0.1, 0.15) is 5.67 Å². The molecule has 0 fully saturated rings.